The first-order valence-corrected chi connectivity index (χ1v) is 9.16. The van der Waals surface area contributed by atoms with E-state index in [0.29, 0.717) is 26.3 Å². The Morgan fingerprint density at radius 1 is 1.27 bits per heavy atom. The molecule has 0 bridgehead atoms. The Hall–Kier alpha value is -1.83. The molecule has 1 atom stereocenters. The number of aliphatic hydroxyl groups excluding tert-OH is 1. The summed E-state index contributed by atoms with van der Waals surface area (Å²) in [6.45, 7) is 8.97. The number of aliphatic hydroxyl groups is 1. The lowest BCUT2D eigenvalue weighted by Crippen LogP contribution is -2.52. The lowest BCUT2D eigenvalue weighted by atomic mass is 10.1. The molecule has 1 saturated heterocycles. The number of nitrogens with one attached hydrogen (secondary N) is 1. The highest BCUT2D eigenvalue weighted by Gasteiger charge is 2.22. The van der Waals surface area contributed by atoms with Crippen LogP contribution in [0.25, 0.3) is 0 Å². The molecule has 1 aliphatic rings. The van der Waals surface area contributed by atoms with E-state index < -0.39 is 0 Å². The third kappa shape index (κ3) is 5.86. The van der Waals surface area contributed by atoms with E-state index in [1.54, 1.807) is 7.11 Å². The molecule has 1 aromatic carbocycles. The van der Waals surface area contributed by atoms with Crippen molar-refractivity contribution in [1.29, 1.82) is 0 Å². The molecule has 1 heterocycles. The van der Waals surface area contributed by atoms with Gasteiger partial charge in [0, 0.05) is 32.7 Å². The zero-order valence-electron chi connectivity index (χ0n) is 16.0. The van der Waals surface area contributed by atoms with E-state index in [0.717, 1.165) is 36.5 Å². The Morgan fingerprint density at radius 2 is 2.00 bits per heavy atom. The number of hydrogen-bond acceptors (Lipinski definition) is 5. The summed E-state index contributed by atoms with van der Waals surface area (Å²) in [7, 11) is 1.66. The van der Waals surface area contributed by atoms with Gasteiger partial charge in [-0.25, -0.2) is 4.79 Å². The number of ether oxygens (including phenoxy) is 2. The summed E-state index contributed by atoms with van der Waals surface area (Å²) < 4.78 is 10.6. The molecule has 0 aromatic heterocycles. The zero-order valence-corrected chi connectivity index (χ0v) is 16.0. The number of piperazine rings is 1. The molecule has 7 nitrogen and oxygen atoms in total. The molecule has 0 aliphatic carbocycles. The highest BCUT2D eigenvalue weighted by Crippen LogP contribution is 2.22. The summed E-state index contributed by atoms with van der Waals surface area (Å²) >= 11 is 0. The minimum absolute atomic E-state index is 0.0258. The largest absolute Gasteiger partial charge is 0.496 e. The first-order chi connectivity index (χ1) is 12.5. The second-order valence-corrected chi connectivity index (χ2v) is 6.56. The highest BCUT2D eigenvalue weighted by molar-refractivity contribution is 5.74. The van der Waals surface area contributed by atoms with Crippen LogP contribution in [0.3, 0.4) is 0 Å². The summed E-state index contributed by atoms with van der Waals surface area (Å²) in [5, 5.41) is 11.8. The number of carbonyl (C=O) groups excluding carboxylic acids is 1. The summed E-state index contributed by atoms with van der Waals surface area (Å²) in [5.41, 5.74) is 2.12. The quantitative estimate of drug-likeness (QED) is 0.681. The molecule has 1 aromatic rings. The van der Waals surface area contributed by atoms with Gasteiger partial charge in [-0.1, -0.05) is 12.1 Å². The number of methoxy groups -OCH3 is 1. The topological polar surface area (TPSA) is 74.3 Å². The van der Waals surface area contributed by atoms with Crippen LogP contribution in [0, 0.1) is 6.92 Å². The van der Waals surface area contributed by atoms with Crippen LogP contribution in [0.5, 0.6) is 5.75 Å². The van der Waals surface area contributed by atoms with Gasteiger partial charge < -0.3 is 24.8 Å². The Kier molecular flexibility index (Phi) is 8.15. The van der Waals surface area contributed by atoms with Crippen LogP contribution < -0.4 is 10.1 Å². The molecule has 26 heavy (non-hydrogen) atoms. The molecule has 7 heteroatoms. The smallest absolute Gasteiger partial charge is 0.317 e. The maximum absolute atomic E-state index is 12.5. The van der Waals surface area contributed by atoms with Gasteiger partial charge in [-0.15, -0.1) is 0 Å². The Labute approximate surface area is 155 Å². The van der Waals surface area contributed by atoms with Crippen molar-refractivity contribution in [2.75, 3.05) is 59.7 Å². The molecule has 0 saturated carbocycles. The summed E-state index contributed by atoms with van der Waals surface area (Å²) in [4.78, 5) is 16.6. The summed E-state index contributed by atoms with van der Waals surface area (Å²) in [6, 6.07) is 5.89. The molecule has 1 fully saturated rings. The van der Waals surface area contributed by atoms with Crippen molar-refractivity contribution in [1.82, 2.24) is 15.1 Å². The average molecular weight is 365 g/mol. The second kappa shape index (κ2) is 10.4. The SMILES string of the molecule is COc1ccc([C@H](C)NC(=O)N2CCN(CCOCCO)CC2)cc1C. The van der Waals surface area contributed by atoms with Crippen LogP contribution in [-0.4, -0.2) is 80.6 Å². The molecule has 146 valence electrons. The van der Waals surface area contributed by atoms with Crippen LogP contribution in [0.15, 0.2) is 18.2 Å². The molecule has 2 amide bonds. The molecule has 1 aliphatic heterocycles. The van der Waals surface area contributed by atoms with Crippen molar-refractivity contribution in [2.45, 2.75) is 19.9 Å². The van der Waals surface area contributed by atoms with Gasteiger partial charge in [0.2, 0.25) is 0 Å². The lowest BCUT2D eigenvalue weighted by molar-refractivity contribution is 0.0617. The molecule has 0 spiro atoms. The van der Waals surface area contributed by atoms with Crippen LogP contribution in [0.2, 0.25) is 0 Å². The number of carbonyl (C=O) groups is 1. The summed E-state index contributed by atoms with van der Waals surface area (Å²) in [6.07, 6.45) is 0. The van der Waals surface area contributed by atoms with Gasteiger partial charge in [0.15, 0.2) is 0 Å². The lowest BCUT2D eigenvalue weighted by Gasteiger charge is -2.35. The van der Waals surface area contributed by atoms with Gasteiger partial charge >= 0.3 is 6.03 Å². The van der Waals surface area contributed by atoms with Crippen molar-refractivity contribution >= 4 is 6.03 Å². The van der Waals surface area contributed by atoms with Crippen molar-refractivity contribution in [3.8, 4) is 5.75 Å². The maximum Gasteiger partial charge on any atom is 0.317 e. The molecule has 2 rings (SSSR count). The fourth-order valence-electron chi connectivity index (χ4n) is 3.07. The minimum atomic E-state index is -0.0583. The predicted octanol–water partition coefficient (Wildman–Crippen LogP) is 1.40. The number of amides is 2. The average Bonchev–Trinajstić information content (AvgIpc) is 2.65. The van der Waals surface area contributed by atoms with Crippen molar-refractivity contribution in [3.05, 3.63) is 29.3 Å². The number of urea groups is 1. The van der Waals surface area contributed by atoms with E-state index in [4.69, 9.17) is 14.6 Å². The molecule has 2 N–H and O–H groups in total. The Morgan fingerprint density at radius 3 is 2.62 bits per heavy atom. The third-order valence-electron chi connectivity index (χ3n) is 4.71. The number of benzene rings is 1. The summed E-state index contributed by atoms with van der Waals surface area (Å²) in [5.74, 6) is 0.853. The second-order valence-electron chi connectivity index (χ2n) is 6.56. The van der Waals surface area contributed by atoms with Gasteiger partial charge in [-0.3, -0.25) is 4.90 Å². The normalized spacial score (nSPS) is 16.4. The zero-order chi connectivity index (χ0) is 18.9. The molecule has 0 unspecified atom stereocenters. The monoisotopic (exact) mass is 365 g/mol. The molecular formula is C19H31N3O4. The van der Waals surface area contributed by atoms with E-state index >= 15 is 0 Å². The maximum atomic E-state index is 12.5. The number of aryl methyl sites for hydroxylation is 1. The standard InChI is InChI=1S/C19H31N3O4/c1-15-14-17(4-5-18(15)25-3)16(2)20-19(24)22-8-6-21(7-9-22)10-12-26-13-11-23/h4-5,14,16,23H,6-13H2,1-3H3,(H,20,24)/t16-/m0/s1. The van der Waals surface area contributed by atoms with Gasteiger partial charge in [-0.2, -0.15) is 0 Å². The highest BCUT2D eigenvalue weighted by atomic mass is 16.5. The van der Waals surface area contributed by atoms with Gasteiger partial charge in [-0.05, 0) is 31.0 Å². The van der Waals surface area contributed by atoms with Crippen molar-refractivity contribution < 1.29 is 19.4 Å². The van der Waals surface area contributed by atoms with E-state index in [1.807, 2.05) is 36.9 Å². The van der Waals surface area contributed by atoms with E-state index in [1.165, 1.54) is 0 Å². The van der Waals surface area contributed by atoms with Crippen LogP contribution in [-0.2, 0) is 4.74 Å². The predicted molar refractivity (Wildman–Crippen MR) is 101 cm³/mol. The van der Waals surface area contributed by atoms with E-state index in [2.05, 4.69) is 10.2 Å². The first-order valence-electron chi connectivity index (χ1n) is 9.16. The van der Waals surface area contributed by atoms with Crippen LogP contribution >= 0.6 is 0 Å². The van der Waals surface area contributed by atoms with Crippen LogP contribution in [0.1, 0.15) is 24.1 Å². The van der Waals surface area contributed by atoms with Crippen molar-refractivity contribution in [2.24, 2.45) is 0 Å². The molecule has 0 radical (unpaired) electrons. The van der Waals surface area contributed by atoms with Crippen molar-refractivity contribution in [3.63, 3.8) is 0 Å². The fourth-order valence-corrected chi connectivity index (χ4v) is 3.07. The Bertz CT molecular complexity index is 574. The van der Waals surface area contributed by atoms with Gasteiger partial charge in [0.1, 0.15) is 5.75 Å². The van der Waals surface area contributed by atoms with E-state index in [9.17, 15) is 4.79 Å². The number of nitrogens with zero attached hydrogens (tertiary/aromatic N) is 2. The molecular weight excluding hydrogens is 334 g/mol. The Balaban J connectivity index is 1.77. The van der Waals surface area contributed by atoms with E-state index in [-0.39, 0.29) is 18.7 Å². The van der Waals surface area contributed by atoms with Gasteiger partial charge in [0.25, 0.3) is 0 Å². The third-order valence-corrected chi connectivity index (χ3v) is 4.71. The first kappa shape index (κ1) is 20.5. The number of hydrogen-bond donors (Lipinski definition) is 2. The minimum Gasteiger partial charge on any atom is -0.496 e. The fraction of sp³-hybridized carbons (Fsp3) is 0.632. The van der Waals surface area contributed by atoms with Gasteiger partial charge in [0.05, 0.1) is 33.0 Å². The van der Waals surface area contributed by atoms with Crippen LogP contribution in [0.4, 0.5) is 4.79 Å². The number of rotatable bonds is 8.